The molecule has 0 unspecified atom stereocenters. The summed E-state index contributed by atoms with van der Waals surface area (Å²) in [6.07, 6.45) is 25.6. The lowest BCUT2D eigenvalue weighted by atomic mass is 10.0. The van der Waals surface area contributed by atoms with Crippen LogP contribution in [0.25, 0.3) is 0 Å². The van der Waals surface area contributed by atoms with E-state index >= 15 is 0 Å². The maximum Gasteiger partial charge on any atom is 0.282 e. The molecular weight excluding hydrogens is 492 g/mol. The molecule has 0 aromatic carbocycles. The second kappa shape index (κ2) is 18.8. The van der Waals surface area contributed by atoms with Crippen LogP contribution in [0.3, 0.4) is 0 Å². The van der Waals surface area contributed by atoms with Crippen LogP contribution < -0.4 is 0 Å². The van der Waals surface area contributed by atoms with Crippen molar-refractivity contribution in [2.45, 2.75) is 129 Å². The maximum absolute atomic E-state index is 12.5. The average molecular weight is 547 g/mol. The van der Waals surface area contributed by atoms with Gasteiger partial charge >= 0.3 is 0 Å². The topological polar surface area (TPSA) is 56.8 Å². The predicted molar refractivity (Wildman–Crippen MR) is 159 cm³/mol. The van der Waals surface area contributed by atoms with Crippen molar-refractivity contribution in [1.29, 1.82) is 0 Å². The summed E-state index contributed by atoms with van der Waals surface area (Å²) in [5, 5.41) is 2.44. The molecule has 3 heterocycles. The van der Waals surface area contributed by atoms with Crippen molar-refractivity contribution < 1.29 is 9.59 Å². The van der Waals surface area contributed by atoms with Crippen LogP contribution in [-0.2, 0) is 4.79 Å². The first-order valence-corrected chi connectivity index (χ1v) is 16.8. The van der Waals surface area contributed by atoms with Gasteiger partial charge in [-0.3, -0.25) is 14.5 Å². The van der Waals surface area contributed by atoms with Crippen LogP contribution in [0.5, 0.6) is 0 Å². The van der Waals surface area contributed by atoms with Crippen molar-refractivity contribution in [3.63, 3.8) is 0 Å². The third kappa shape index (κ3) is 11.3. The quantitative estimate of drug-likeness (QED) is 0.163. The number of carbonyl (C=O) groups excluding carboxylic acids is 2. The van der Waals surface area contributed by atoms with E-state index < -0.39 is 0 Å². The Morgan fingerprint density at radius 2 is 1.24 bits per heavy atom. The van der Waals surface area contributed by atoms with Crippen molar-refractivity contribution in [2.24, 2.45) is 0 Å². The largest absolute Gasteiger partial charge is 0.339 e. The van der Waals surface area contributed by atoms with E-state index in [4.69, 9.17) is 0 Å². The van der Waals surface area contributed by atoms with Gasteiger partial charge in [0.1, 0.15) is 0 Å². The molecule has 2 aliphatic heterocycles. The number of nitrogens with zero attached hydrogens (tertiary/aromatic N) is 4. The smallest absolute Gasteiger partial charge is 0.282 e. The third-order valence-electron chi connectivity index (χ3n) is 8.44. The van der Waals surface area contributed by atoms with Crippen LogP contribution in [0.2, 0.25) is 0 Å². The van der Waals surface area contributed by atoms with Gasteiger partial charge in [-0.2, -0.15) is 0 Å². The highest BCUT2D eigenvalue weighted by Crippen LogP contribution is 2.20. The van der Waals surface area contributed by atoms with Crippen molar-refractivity contribution in [1.82, 2.24) is 19.7 Å². The fraction of sp³-hybridized carbons (Fsp3) is 0.839. The first-order valence-electron chi connectivity index (χ1n) is 15.9. The molecule has 0 aliphatic carbocycles. The summed E-state index contributed by atoms with van der Waals surface area (Å²) in [4.78, 5) is 35.5. The zero-order valence-corrected chi connectivity index (χ0v) is 25.0. The van der Waals surface area contributed by atoms with E-state index in [1.54, 1.807) is 6.20 Å². The molecule has 0 radical (unpaired) electrons. The van der Waals surface area contributed by atoms with Crippen LogP contribution in [0.1, 0.15) is 132 Å². The maximum atomic E-state index is 12.5. The number of amides is 2. The van der Waals surface area contributed by atoms with E-state index in [1.165, 1.54) is 114 Å². The molecule has 3 rings (SSSR count). The first-order chi connectivity index (χ1) is 18.7. The van der Waals surface area contributed by atoms with Crippen molar-refractivity contribution >= 4 is 23.2 Å². The number of rotatable bonds is 20. The monoisotopic (exact) mass is 546 g/mol. The average Bonchev–Trinajstić information content (AvgIpc) is 3.45. The van der Waals surface area contributed by atoms with Crippen molar-refractivity contribution in [3.8, 4) is 0 Å². The summed E-state index contributed by atoms with van der Waals surface area (Å²) in [5.41, 5.74) is 0. The molecule has 2 saturated heterocycles. The van der Waals surface area contributed by atoms with Gasteiger partial charge < -0.3 is 9.80 Å². The van der Waals surface area contributed by atoms with E-state index in [0.717, 1.165) is 45.7 Å². The number of aromatic nitrogens is 1. The van der Waals surface area contributed by atoms with E-state index in [2.05, 4.69) is 16.8 Å². The SMILES string of the molecule is CCCCCCCCCCCCCCCCCCCC(=O)N1CC(N2CCN(C(=O)c3nccs3)CC2)C1. The number of hydrogen-bond donors (Lipinski definition) is 0. The summed E-state index contributed by atoms with van der Waals surface area (Å²) in [7, 11) is 0. The van der Waals surface area contributed by atoms with Gasteiger partial charge in [0.05, 0.1) is 0 Å². The Bertz CT molecular complexity index is 758. The number of likely N-dealkylation sites (tertiary alicyclic amines) is 1. The molecule has 2 fully saturated rings. The van der Waals surface area contributed by atoms with Crippen LogP contribution in [0, 0.1) is 0 Å². The summed E-state index contributed by atoms with van der Waals surface area (Å²) in [5.74, 6) is 0.388. The second-order valence-electron chi connectivity index (χ2n) is 11.5. The first kappa shape index (κ1) is 31.1. The highest BCUT2D eigenvalue weighted by atomic mass is 32.1. The van der Waals surface area contributed by atoms with Gasteiger partial charge in [0, 0.05) is 63.3 Å². The van der Waals surface area contributed by atoms with Gasteiger partial charge in [0.2, 0.25) is 5.91 Å². The Hall–Kier alpha value is -1.47. The lowest BCUT2D eigenvalue weighted by molar-refractivity contribution is -0.139. The number of carbonyl (C=O) groups is 2. The van der Waals surface area contributed by atoms with Gasteiger partial charge in [-0.25, -0.2) is 4.98 Å². The van der Waals surface area contributed by atoms with Gasteiger partial charge in [-0.1, -0.05) is 110 Å². The van der Waals surface area contributed by atoms with Gasteiger partial charge in [0.25, 0.3) is 5.91 Å². The van der Waals surface area contributed by atoms with Crippen LogP contribution in [0.4, 0.5) is 0 Å². The van der Waals surface area contributed by atoms with Crippen LogP contribution in [-0.4, -0.2) is 76.8 Å². The zero-order chi connectivity index (χ0) is 26.8. The molecule has 0 spiro atoms. The summed E-state index contributed by atoms with van der Waals surface area (Å²) >= 11 is 1.41. The fourth-order valence-corrected chi connectivity index (χ4v) is 6.41. The molecule has 1 aromatic rings. The lowest BCUT2D eigenvalue weighted by Crippen LogP contribution is -2.64. The second-order valence-corrected chi connectivity index (χ2v) is 12.4. The highest BCUT2D eigenvalue weighted by molar-refractivity contribution is 7.11. The third-order valence-corrected chi connectivity index (χ3v) is 9.20. The summed E-state index contributed by atoms with van der Waals surface area (Å²) in [6.45, 7) is 7.29. The number of piperazine rings is 1. The Labute approximate surface area is 236 Å². The van der Waals surface area contributed by atoms with Crippen LogP contribution in [0.15, 0.2) is 11.6 Å². The van der Waals surface area contributed by atoms with E-state index in [0.29, 0.717) is 23.4 Å². The Balaban J connectivity index is 1.07. The standard InChI is InChI=1S/C31H54N4O2S/c1-2-3-4-5-6-7-8-9-10-11-12-13-14-15-16-17-18-19-29(36)35-26-28(27-35)33-21-23-34(24-22-33)31(37)30-32-20-25-38-30/h20,25,28H,2-19,21-24,26-27H2,1H3. The minimum atomic E-state index is 0.0548. The molecule has 216 valence electrons. The molecule has 0 saturated carbocycles. The highest BCUT2D eigenvalue weighted by Gasteiger charge is 2.36. The molecule has 2 aliphatic rings. The van der Waals surface area contributed by atoms with E-state index in [1.807, 2.05) is 15.2 Å². The zero-order valence-electron chi connectivity index (χ0n) is 24.2. The molecular formula is C31H54N4O2S. The van der Waals surface area contributed by atoms with Crippen molar-refractivity contribution in [3.05, 3.63) is 16.6 Å². The number of thiazole rings is 1. The predicted octanol–water partition coefficient (Wildman–Crippen LogP) is 7.15. The Morgan fingerprint density at radius 1 is 0.737 bits per heavy atom. The Morgan fingerprint density at radius 3 is 1.71 bits per heavy atom. The summed E-state index contributed by atoms with van der Waals surface area (Å²) in [6, 6.07) is 0.464. The molecule has 0 bridgehead atoms. The van der Waals surface area contributed by atoms with Gasteiger partial charge in [-0.05, 0) is 6.42 Å². The minimum absolute atomic E-state index is 0.0548. The lowest BCUT2D eigenvalue weighted by Gasteiger charge is -2.48. The van der Waals surface area contributed by atoms with E-state index in [9.17, 15) is 9.59 Å². The molecule has 38 heavy (non-hydrogen) atoms. The number of unbranched alkanes of at least 4 members (excludes halogenated alkanes) is 16. The van der Waals surface area contributed by atoms with E-state index in [-0.39, 0.29) is 5.91 Å². The Kier molecular flexibility index (Phi) is 15.3. The molecule has 0 N–H and O–H groups in total. The van der Waals surface area contributed by atoms with Gasteiger partial charge in [0.15, 0.2) is 5.01 Å². The normalized spacial score (nSPS) is 16.7. The molecule has 6 nitrogen and oxygen atoms in total. The summed E-state index contributed by atoms with van der Waals surface area (Å²) < 4.78 is 0. The molecule has 1 aromatic heterocycles. The molecule has 7 heteroatoms. The number of hydrogen-bond acceptors (Lipinski definition) is 5. The van der Waals surface area contributed by atoms with Crippen LogP contribution >= 0.6 is 11.3 Å². The minimum Gasteiger partial charge on any atom is -0.339 e. The molecule has 0 atom stereocenters. The van der Waals surface area contributed by atoms with Crippen molar-refractivity contribution in [2.75, 3.05) is 39.3 Å². The van der Waals surface area contributed by atoms with Gasteiger partial charge in [-0.15, -0.1) is 11.3 Å². The molecule has 2 amide bonds. The fourth-order valence-electron chi connectivity index (χ4n) is 5.80.